The van der Waals surface area contributed by atoms with Crippen molar-refractivity contribution in [3.8, 4) is 0 Å². The molecule has 1 heterocycles. The molecular weight excluding hydrogens is 359 g/mol. The van der Waals surface area contributed by atoms with E-state index in [0.717, 1.165) is 5.56 Å². The van der Waals surface area contributed by atoms with Gasteiger partial charge in [-0.1, -0.05) is 30.3 Å². The maximum absolute atomic E-state index is 12.8. The number of benzene rings is 1. The van der Waals surface area contributed by atoms with E-state index in [4.69, 9.17) is 0 Å². The fourth-order valence-electron chi connectivity index (χ4n) is 4.37. The molecule has 1 aromatic rings. The molecule has 0 spiro atoms. The van der Waals surface area contributed by atoms with Crippen LogP contribution in [0.15, 0.2) is 30.3 Å². The zero-order chi connectivity index (χ0) is 19.6. The van der Waals surface area contributed by atoms with Gasteiger partial charge >= 0.3 is 12.1 Å². The first kappa shape index (κ1) is 19.7. The van der Waals surface area contributed by atoms with Crippen molar-refractivity contribution in [1.29, 1.82) is 0 Å². The predicted molar refractivity (Wildman–Crippen MR) is 93.0 cm³/mol. The van der Waals surface area contributed by atoms with Gasteiger partial charge in [-0.25, -0.2) is 0 Å². The summed E-state index contributed by atoms with van der Waals surface area (Å²) in [6.45, 7) is 0.503. The van der Waals surface area contributed by atoms with Crippen LogP contribution in [0.4, 0.5) is 13.2 Å². The topological polar surface area (TPSA) is 57.6 Å². The molecule has 2 aliphatic rings. The minimum atomic E-state index is -4.15. The van der Waals surface area contributed by atoms with Crippen LogP contribution < -0.4 is 0 Å². The molecule has 2 atom stereocenters. The number of hydrogen-bond donors (Lipinski definition) is 1. The highest BCUT2D eigenvalue weighted by Gasteiger charge is 2.43. The number of amides is 1. The van der Waals surface area contributed by atoms with Gasteiger partial charge in [-0.05, 0) is 37.2 Å². The van der Waals surface area contributed by atoms with Crippen molar-refractivity contribution in [1.82, 2.24) is 4.90 Å². The standard InChI is InChI=1S/C20H24F3NO3/c21-20(22,23)15-8-6-13(7-9-15)10-18(25)24-11-16(17(12-24)19(26)27)14-4-2-1-3-5-14/h1-5,13,15-17H,6-12H2,(H,26,27). The van der Waals surface area contributed by atoms with Gasteiger partial charge in [-0.3, -0.25) is 9.59 Å². The number of nitrogens with zero attached hydrogens (tertiary/aromatic N) is 1. The van der Waals surface area contributed by atoms with Crippen molar-refractivity contribution in [2.45, 2.75) is 44.2 Å². The third-order valence-corrected chi connectivity index (χ3v) is 5.99. The first-order valence-electron chi connectivity index (χ1n) is 9.38. The maximum atomic E-state index is 12.8. The zero-order valence-electron chi connectivity index (χ0n) is 15.0. The minimum Gasteiger partial charge on any atom is -0.481 e. The van der Waals surface area contributed by atoms with E-state index in [0.29, 0.717) is 19.4 Å². The number of alkyl halides is 3. The number of carbonyl (C=O) groups excluding carboxylic acids is 1. The summed E-state index contributed by atoms with van der Waals surface area (Å²) in [6.07, 6.45) is -3.00. The Kier molecular flexibility index (Phi) is 5.77. The molecule has 1 N–H and O–H groups in total. The lowest BCUT2D eigenvalue weighted by atomic mass is 9.80. The van der Waals surface area contributed by atoms with Gasteiger partial charge in [0.05, 0.1) is 11.8 Å². The van der Waals surface area contributed by atoms with E-state index < -0.39 is 24.0 Å². The lowest BCUT2D eigenvalue weighted by molar-refractivity contribution is -0.184. The highest BCUT2D eigenvalue weighted by molar-refractivity contribution is 5.79. The molecule has 1 saturated carbocycles. The number of halogens is 3. The van der Waals surface area contributed by atoms with E-state index in [2.05, 4.69) is 0 Å². The van der Waals surface area contributed by atoms with Crippen LogP contribution in [0.1, 0.15) is 43.6 Å². The molecule has 2 fully saturated rings. The quantitative estimate of drug-likeness (QED) is 0.853. The second-order valence-electron chi connectivity index (χ2n) is 7.72. The molecule has 0 radical (unpaired) electrons. The Morgan fingerprint density at radius 3 is 2.22 bits per heavy atom. The molecule has 3 rings (SSSR count). The molecule has 0 bridgehead atoms. The van der Waals surface area contributed by atoms with E-state index in [-0.39, 0.29) is 43.6 Å². The van der Waals surface area contributed by atoms with Crippen LogP contribution in [0.25, 0.3) is 0 Å². The van der Waals surface area contributed by atoms with Crippen LogP contribution in [0.5, 0.6) is 0 Å². The Balaban J connectivity index is 1.59. The molecule has 148 valence electrons. The average Bonchev–Trinajstić information content (AvgIpc) is 3.08. The van der Waals surface area contributed by atoms with Crippen molar-refractivity contribution in [3.05, 3.63) is 35.9 Å². The van der Waals surface area contributed by atoms with E-state index in [1.54, 1.807) is 4.90 Å². The zero-order valence-corrected chi connectivity index (χ0v) is 15.0. The number of carboxylic acid groups (broad SMARTS) is 1. The minimum absolute atomic E-state index is 0.0462. The van der Waals surface area contributed by atoms with Gasteiger partial charge in [0.25, 0.3) is 0 Å². The second kappa shape index (κ2) is 7.90. The first-order valence-corrected chi connectivity index (χ1v) is 9.38. The summed E-state index contributed by atoms with van der Waals surface area (Å²) in [4.78, 5) is 25.9. The fourth-order valence-corrected chi connectivity index (χ4v) is 4.37. The van der Waals surface area contributed by atoms with Crippen molar-refractivity contribution in [2.75, 3.05) is 13.1 Å². The SMILES string of the molecule is O=C(O)C1CN(C(=O)CC2CCC(C(F)(F)F)CC2)CC1c1ccccc1. The fraction of sp³-hybridized carbons (Fsp3) is 0.600. The van der Waals surface area contributed by atoms with Gasteiger partial charge in [0.1, 0.15) is 0 Å². The summed E-state index contributed by atoms with van der Waals surface area (Å²) >= 11 is 0. The first-order chi connectivity index (χ1) is 12.8. The highest BCUT2D eigenvalue weighted by Crippen LogP contribution is 2.41. The van der Waals surface area contributed by atoms with Crippen molar-refractivity contribution in [2.24, 2.45) is 17.8 Å². The number of carbonyl (C=O) groups is 2. The van der Waals surface area contributed by atoms with Gasteiger partial charge < -0.3 is 10.0 Å². The van der Waals surface area contributed by atoms with Crippen molar-refractivity contribution >= 4 is 11.9 Å². The molecule has 1 aromatic carbocycles. The van der Waals surface area contributed by atoms with Gasteiger partial charge in [-0.15, -0.1) is 0 Å². The van der Waals surface area contributed by atoms with E-state index in [1.165, 1.54) is 0 Å². The normalized spacial score (nSPS) is 28.9. The highest BCUT2D eigenvalue weighted by atomic mass is 19.4. The Hall–Kier alpha value is -2.05. The smallest absolute Gasteiger partial charge is 0.391 e. The number of likely N-dealkylation sites (tertiary alicyclic amines) is 1. The number of hydrogen-bond acceptors (Lipinski definition) is 2. The van der Waals surface area contributed by atoms with Crippen LogP contribution in [-0.2, 0) is 9.59 Å². The van der Waals surface area contributed by atoms with Crippen molar-refractivity contribution < 1.29 is 27.9 Å². The van der Waals surface area contributed by atoms with Crippen LogP contribution in [-0.4, -0.2) is 41.1 Å². The molecule has 7 heteroatoms. The Morgan fingerprint density at radius 2 is 1.67 bits per heavy atom. The molecule has 0 aromatic heterocycles. The third kappa shape index (κ3) is 4.62. The molecule has 1 saturated heterocycles. The summed E-state index contributed by atoms with van der Waals surface area (Å²) in [7, 11) is 0. The molecule has 1 amide bonds. The lowest BCUT2D eigenvalue weighted by Gasteiger charge is -2.30. The molecule has 27 heavy (non-hydrogen) atoms. The summed E-state index contributed by atoms with van der Waals surface area (Å²) in [5.41, 5.74) is 0.894. The van der Waals surface area contributed by atoms with Crippen LogP contribution in [0, 0.1) is 17.8 Å². The van der Waals surface area contributed by atoms with E-state index in [9.17, 15) is 27.9 Å². The molecule has 1 aliphatic carbocycles. The lowest BCUT2D eigenvalue weighted by Crippen LogP contribution is -2.33. The van der Waals surface area contributed by atoms with Crippen LogP contribution in [0.2, 0.25) is 0 Å². The maximum Gasteiger partial charge on any atom is 0.391 e. The van der Waals surface area contributed by atoms with Crippen LogP contribution in [0.3, 0.4) is 0 Å². The number of aliphatic carboxylic acids is 1. The molecule has 4 nitrogen and oxygen atoms in total. The monoisotopic (exact) mass is 383 g/mol. The summed E-state index contributed by atoms with van der Waals surface area (Å²) in [5, 5.41) is 9.53. The number of carboxylic acids is 1. The number of rotatable bonds is 4. The Bertz CT molecular complexity index is 669. The third-order valence-electron chi connectivity index (χ3n) is 5.99. The van der Waals surface area contributed by atoms with Gasteiger partial charge in [0, 0.05) is 25.4 Å². The van der Waals surface area contributed by atoms with E-state index in [1.807, 2.05) is 30.3 Å². The molecule has 1 aliphatic heterocycles. The second-order valence-corrected chi connectivity index (χ2v) is 7.72. The summed E-state index contributed by atoms with van der Waals surface area (Å²) < 4.78 is 38.3. The van der Waals surface area contributed by atoms with Crippen LogP contribution >= 0.6 is 0 Å². The van der Waals surface area contributed by atoms with E-state index >= 15 is 0 Å². The van der Waals surface area contributed by atoms with Gasteiger partial charge in [0.15, 0.2) is 0 Å². The largest absolute Gasteiger partial charge is 0.481 e. The van der Waals surface area contributed by atoms with Gasteiger partial charge in [-0.2, -0.15) is 13.2 Å². The van der Waals surface area contributed by atoms with Gasteiger partial charge in [0.2, 0.25) is 5.91 Å². The Labute approximate surface area is 156 Å². The predicted octanol–water partition coefficient (Wildman–Crippen LogP) is 4.07. The summed E-state index contributed by atoms with van der Waals surface area (Å²) in [6, 6.07) is 9.28. The molecule has 2 unspecified atom stereocenters. The summed E-state index contributed by atoms with van der Waals surface area (Å²) in [5.74, 6) is -3.28. The Morgan fingerprint density at radius 1 is 1.04 bits per heavy atom. The molecular formula is C20H24F3NO3. The van der Waals surface area contributed by atoms with Crippen molar-refractivity contribution in [3.63, 3.8) is 0 Å². The average molecular weight is 383 g/mol.